The molecule has 86 valence electrons. The van der Waals surface area contributed by atoms with Gasteiger partial charge >= 0.3 is 5.97 Å². The maximum Gasteiger partial charge on any atom is 0.344 e. The summed E-state index contributed by atoms with van der Waals surface area (Å²) >= 11 is 0. The van der Waals surface area contributed by atoms with Crippen molar-refractivity contribution in [3.63, 3.8) is 0 Å². The van der Waals surface area contributed by atoms with Crippen molar-refractivity contribution in [2.45, 2.75) is 6.42 Å². The second-order valence-corrected chi connectivity index (χ2v) is 4.22. The first-order valence-electron chi connectivity index (χ1n) is 5.48. The van der Waals surface area contributed by atoms with Crippen LogP contribution < -0.4 is 0 Å². The standard InChI is InChI=1S/C13H11NO3/c1-14-7-6-10(12(14)15)11-8-4-2-3-5-9(8)13(16)17-11/h2-5H,6-7H2,1H3/b11-10+. The fourth-order valence-electron chi connectivity index (χ4n) is 2.21. The summed E-state index contributed by atoms with van der Waals surface area (Å²) in [4.78, 5) is 25.2. The average Bonchev–Trinajstić information content (AvgIpc) is 2.83. The van der Waals surface area contributed by atoms with Crippen LogP contribution in [-0.2, 0) is 9.53 Å². The molecule has 4 nitrogen and oxygen atoms in total. The van der Waals surface area contributed by atoms with E-state index in [9.17, 15) is 9.59 Å². The third kappa shape index (κ3) is 1.37. The maximum absolute atomic E-state index is 11.9. The van der Waals surface area contributed by atoms with Crippen molar-refractivity contribution in [2.24, 2.45) is 0 Å². The van der Waals surface area contributed by atoms with E-state index in [1.54, 1.807) is 24.1 Å². The van der Waals surface area contributed by atoms with E-state index in [1.165, 1.54) is 0 Å². The Labute approximate surface area is 98.5 Å². The molecule has 2 aliphatic heterocycles. The zero-order valence-corrected chi connectivity index (χ0v) is 9.40. The van der Waals surface area contributed by atoms with Gasteiger partial charge in [-0.2, -0.15) is 0 Å². The lowest BCUT2D eigenvalue weighted by molar-refractivity contribution is -0.123. The number of ether oxygens (including phenoxy) is 1. The highest BCUT2D eigenvalue weighted by atomic mass is 16.5. The van der Waals surface area contributed by atoms with Gasteiger partial charge in [0.1, 0.15) is 5.76 Å². The van der Waals surface area contributed by atoms with Gasteiger partial charge in [-0.25, -0.2) is 4.79 Å². The van der Waals surface area contributed by atoms with E-state index in [2.05, 4.69) is 0 Å². The molecule has 0 aliphatic carbocycles. The Morgan fingerprint density at radius 1 is 1.18 bits per heavy atom. The number of hydrogen-bond donors (Lipinski definition) is 0. The van der Waals surface area contributed by atoms with Crippen LogP contribution in [0.2, 0.25) is 0 Å². The molecule has 4 heteroatoms. The minimum Gasteiger partial charge on any atom is -0.422 e. The molecule has 0 atom stereocenters. The monoisotopic (exact) mass is 229 g/mol. The number of hydrogen-bond acceptors (Lipinski definition) is 3. The van der Waals surface area contributed by atoms with E-state index in [4.69, 9.17) is 4.74 Å². The van der Waals surface area contributed by atoms with Crippen LogP contribution in [0.5, 0.6) is 0 Å². The van der Waals surface area contributed by atoms with Crippen molar-refractivity contribution < 1.29 is 14.3 Å². The zero-order chi connectivity index (χ0) is 12.0. The van der Waals surface area contributed by atoms with Crippen LogP contribution >= 0.6 is 0 Å². The molecular formula is C13H11NO3. The van der Waals surface area contributed by atoms with Crippen molar-refractivity contribution in [3.05, 3.63) is 41.0 Å². The van der Waals surface area contributed by atoms with Gasteiger partial charge in [0.2, 0.25) is 0 Å². The number of amides is 1. The number of cyclic esters (lactones) is 1. The van der Waals surface area contributed by atoms with Crippen molar-refractivity contribution >= 4 is 17.6 Å². The minimum absolute atomic E-state index is 0.0514. The molecular weight excluding hydrogens is 218 g/mol. The molecule has 2 aliphatic rings. The van der Waals surface area contributed by atoms with E-state index >= 15 is 0 Å². The highest BCUT2D eigenvalue weighted by Crippen LogP contribution is 2.35. The van der Waals surface area contributed by atoms with Crippen molar-refractivity contribution in [2.75, 3.05) is 13.6 Å². The van der Waals surface area contributed by atoms with Gasteiger partial charge in [-0.3, -0.25) is 4.79 Å². The number of carbonyl (C=O) groups excluding carboxylic acids is 2. The van der Waals surface area contributed by atoms with Crippen LogP contribution in [-0.4, -0.2) is 30.4 Å². The van der Waals surface area contributed by atoms with Crippen LogP contribution in [0.3, 0.4) is 0 Å². The summed E-state index contributed by atoms with van der Waals surface area (Å²) in [7, 11) is 1.75. The predicted octanol–water partition coefficient (Wildman–Crippen LogP) is 1.43. The molecule has 1 fully saturated rings. The Morgan fingerprint density at radius 3 is 2.53 bits per heavy atom. The van der Waals surface area contributed by atoms with Gasteiger partial charge in [0.05, 0.1) is 11.1 Å². The number of benzene rings is 1. The summed E-state index contributed by atoms with van der Waals surface area (Å²) in [5.41, 5.74) is 1.87. The van der Waals surface area contributed by atoms with Gasteiger partial charge in [0.25, 0.3) is 5.91 Å². The van der Waals surface area contributed by atoms with Crippen LogP contribution in [0.25, 0.3) is 5.76 Å². The molecule has 3 rings (SSSR count). The fraction of sp³-hybridized carbons (Fsp3) is 0.231. The molecule has 1 saturated heterocycles. The Bertz CT molecular complexity index is 560. The van der Waals surface area contributed by atoms with Crippen LogP contribution in [0.4, 0.5) is 0 Å². The summed E-state index contributed by atoms with van der Waals surface area (Å²) < 4.78 is 5.23. The molecule has 1 aromatic rings. The van der Waals surface area contributed by atoms with Crippen LogP contribution in [0.1, 0.15) is 22.3 Å². The maximum atomic E-state index is 11.9. The number of rotatable bonds is 0. The van der Waals surface area contributed by atoms with Gasteiger partial charge in [-0.1, -0.05) is 18.2 Å². The predicted molar refractivity (Wildman–Crippen MR) is 61.0 cm³/mol. The lowest BCUT2D eigenvalue weighted by Crippen LogP contribution is -2.19. The molecule has 0 spiro atoms. The van der Waals surface area contributed by atoms with Crippen molar-refractivity contribution in [1.82, 2.24) is 4.90 Å². The smallest absolute Gasteiger partial charge is 0.344 e. The number of nitrogens with zero attached hydrogens (tertiary/aromatic N) is 1. The number of likely N-dealkylation sites (tertiary alicyclic amines) is 1. The first-order chi connectivity index (χ1) is 8.18. The van der Waals surface area contributed by atoms with Gasteiger partial charge in [-0.15, -0.1) is 0 Å². The zero-order valence-electron chi connectivity index (χ0n) is 9.40. The second-order valence-electron chi connectivity index (χ2n) is 4.22. The molecule has 0 N–H and O–H groups in total. The first kappa shape index (κ1) is 10.1. The van der Waals surface area contributed by atoms with Crippen LogP contribution in [0, 0.1) is 0 Å². The summed E-state index contributed by atoms with van der Waals surface area (Å²) in [6.07, 6.45) is 0.631. The lowest BCUT2D eigenvalue weighted by atomic mass is 10.0. The van der Waals surface area contributed by atoms with Gasteiger partial charge in [-0.05, 0) is 12.5 Å². The number of fused-ring (bicyclic) bond motifs is 1. The summed E-state index contributed by atoms with van der Waals surface area (Å²) in [6.45, 7) is 0.678. The molecule has 0 radical (unpaired) electrons. The molecule has 0 saturated carbocycles. The third-order valence-corrected chi connectivity index (χ3v) is 3.16. The topological polar surface area (TPSA) is 46.6 Å². The number of carbonyl (C=O) groups is 2. The summed E-state index contributed by atoms with van der Waals surface area (Å²) in [5.74, 6) is 0.0231. The van der Waals surface area contributed by atoms with Gasteiger partial charge in [0.15, 0.2) is 0 Å². The third-order valence-electron chi connectivity index (χ3n) is 3.16. The first-order valence-corrected chi connectivity index (χ1v) is 5.48. The Balaban J connectivity index is 2.17. The van der Waals surface area contributed by atoms with Gasteiger partial charge < -0.3 is 9.64 Å². The van der Waals surface area contributed by atoms with Crippen LogP contribution in [0.15, 0.2) is 29.8 Å². The Kier molecular flexibility index (Phi) is 2.04. The second kappa shape index (κ2) is 3.45. The Hall–Kier alpha value is -2.10. The number of esters is 1. The molecule has 0 unspecified atom stereocenters. The number of likely N-dealkylation sites (N-methyl/N-ethyl adjacent to an activating group) is 1. The minimum atomic E-state index is -0.370. The quantitative estimate of drug-likeness (QED) is 0.499. The average molecular weight is 229 g/mol. The summed E-state index contributed by atoms with van der Waals surface area (Å²) in [6, 6.07) is 7.16. The molecule has 2 heterocycles. The summed E-state index contributed by atoms with van der Waals surface area (Å²) in [5, 5.41) is 0. The van der Waals surface area contributed by atoms with E-state index in [0.717, 1.165) is 5.56 Å². The SMILES string of the molecule is CN1CC/C(=C2\OC(=O)c3ccccc32)C1=O. The highest BCUT2D eigenvalue weighted by molar-refractivity contribution is 6.10. The van der Waals surface area contributed by atoms with E-state index < -0.39 is 0 Å². The fourth-order valence-corrected chi connectivity index (χ4v) is 2.21. The van der Waals surface area contributed by atoms with E-state index in [-0.39, 0.29) is 11.9 Å². The normalized spacial score (nSPS) is 23.0. The molecule has 0 aromatic heterocycles. The molecule has 1 aromatic carbocycles. The molecule has 0 bridgehead atoms. The van der Waals surface area contributed by atoms with Gasteiger partial charge in [0, 0.05) is 19.2 Å². The van der Waals surface area contributed by atoms with Crippen molar-refractivity contribution in [3.8, 4) is 0 Å². The lowest BCUT2D eigenvalue weighted by Gasteiger charge is -2.06. The molecule has 1 amide bonds. The molecule has 17 heavy (non-hydrogen) atoms. The highest BCUT2D eigenvalue weighted by Gasteiger charge is 2.34. The largest absolute Gasteiger partial charge is 0.422 e. The van der Waals surface area contributed by atoms with E-state index in [1.807, 2.05) is 12.1 Å². The van der Waals surface area contributed by atoms with Crippen molar-refractivity contribution in [1.29, 1.82) is 0 Å². The Morgan fingerprint density at radius 2 is 1.88 bits per heavy atom. The van der Waals surface area contributed by atoms with E-state index in [0.29, 0.717) is 29.9 Å².